The van der Waals surface area contributed by atoms with Crippen LogP contribution >= 0.6 is 0 Å². The van der Waals surface area contributed by atoms with E-state index in [-0.39, 0.29) is 17.1 Å². The van der Waals surface area contributed by atoms with Gasteiger partial charge >= 0.3 is 6.18 Å². The van der Waals surface area contributed by atoms with Crippen LogP contribution in [0.2, 0.25) is 0 Å². The first-order valence-electron chi connectivity index (χ1n) is 9.72. The summed E-state index contributed by atoms with van der Waals surface area (Å²) in [5, 5.41) is 9.79. The number of anilines is 1. The van der Waals surface area contributed by atoms with Crippen molar-refractivity contribution >= 4 is 17.5 Å². The van der Waals surface area contributed by atoms with Crippen molar-refractivity contribution in [2.24, 2.45) is 4.99 Å². The molecule has 1 atom stereocenters. The molecule has 3 aliphatic heterocycles. The molecular formula is C18H22F5N7O. The zero-order valence-corrected chi connectivity index (χ0v) is 16.6. The molecule has 3 aliphatic rings. The Hall–Kier alpha value is -2.54. The Labute approximate surface area is 174 Å². The number of hydrogen-bond donors (Lipinski definition) is 2. The minimum Gasteiger partial charge on any atom is -0.393 e. The van der Waals surface area contributed by atoms with E-state index in [0.717, 1.165) is 6.20 Å². The number of hydrogen-bond acceptors (Lipinski definition) is 8. The molecule has 3 N–H and O–H groups in total. The van der Waals surface area contributed by atoms with Crippen molar-refractivity contribution in [2.75, 3.05) is 39.0 Å². The minimum absolute atomic E-state index is 0.101. The van der Waals surface area contributed by atoms with E-state index in [1.165, 1.54) is 15.9 Å². The second kappa shape index (κ2) is 7.55. The molecule has 0 bridgehead atoms. The quantitative estimate of drug-likeness (QED) is 0.663. The van der Waals surface area contributed by atoms with Gasteiger partial charge in [0.15, 0.2) is 12.0 Å². The SMILES string of the molecule is CN1C(c2cnc(N)nc2C(F)(F)F)=CC(N2CC(F)(F)C2)=NC1N1CCC(O)CC1. The van der Waals surface area contributed by atoms with E-state index in [2.05, 4.69) is 15.0 Å². The Morgan fingerprint density at radius 1 is 1.19 bits per heavy atom. The van der Waals surface area contributed by atoms with Gasteiger partial charge in [0, 0.05) is 38.0 Å². The van der Waals surface area contributed by atoms with E-state index in [4.69, 9.17) is 5.73 Å². The topological polar surface area (TPSA) is 94.1 Å². The van der Waals surface area contributed by atoms with Crippen LogP contribution in [0, 0.1) is 0 Å². The molecule has 1 unspecified atom stereocenters. The fraction of sp³-hybridized carbons (Fsp3) is 0.611. The number of amidine groups is 1. The van der Waals surface area contributed by atoms with Crippen molar-refractivity contribution in [3.63, 3.8) is 0 Å². The lowest BCUT2D eigenvalue weighted by Gasteiger charge is -2.46. The number of nitrogens with two attached hydrogens (primary N) is 1. The van der Waals surface area contributed by atoms with Gasteiger partial charge in [-0.2, -0.15) is 13.2 Å². The van der Waals surface area contributed by atoms with Gasteiger partial charge in [0.25, 0.3) is 5.92 Å². The first kappa shape index (κ1) is 21.7. The highest BCUT2D eigenvalue weighted by atomic mass is 19.4. The van der Waals surface area contributed by atoms with Gasteiger partial charge in [-0.3, -0.25) is 4.90 Å². The molecule has 0 spiro atoms. The van der Waals surface area contributed by atoms with Crippen LogP contribution in [0.1, 0.15) is 24.1 Å². The maximum absolute atomic E-state index is 13.7. The van der Waals surface area contributed by atoms with E-state index < -0.39 is 49.2 Å². The lowest BCUT2D eigenvalue weighted by Crippen LogP contribution is -2.60. The summed E-state index contributed by atoms with van der Waals surface area (Å²) >= 11 is 0. The standard InChI is InChI=1S/C18H22F5N7O/c1-28-12(11-7-25-15(24)27-14(11)18(21,22)23)6-13(30-8-17(19,20)9-30)26-16(28)29-4-2-10(31)3-5-29/h6-7,10,16,31H,2-5,8-9H2,1H3,(H2,24,25,27). The molecule has 2 saturated heterocycles. The molecule has 8 nitrogen and oxygen atoms in total. The summed E-state index contributed by atoms with van der Waals surface area (Å²) in [6, 6.07) is 0. The Morgan fingerprint density at radius 2 is 1.84 bits per heavy atom. The first-order valence-corrected chi connectivity index (χ1v) is 9.72. The third-order valence-electron chi connectivity index (χ3n) is 5.59. The van der Waals surface area contributed by atoms with Crippen LogP contribution in [0.4, 0.5) is 27.9 Å². The average molecular weight is 447 g/mol. The van der Waals surface area contributed by atoms with Crippen molar-refractivity contribution in [3.8, 4) is 0 Å². The number of aromatic nitrogens is 2. The number of aliphatic hydroxyl groups excluding tert-OH is 1. The van der Waals surface area contributed by atoms with Gasteiger partial charge in [-0.25, -0.2) is 23.7 Å². The number of aliphatic imine (C=N–C) groups is 1. The smallest absolute Gasteiger partial charge is 0.393 e. The van der Waals surface area contributed by atoms with Gasteiger partial charge in [-0.1, -0.05) is 0 Å². The van der Waals surface area contributed by atoms with Gasteiger partial charge < -0.3 is 20.6 Å². The van der Waals surface area contributed by atoms with Gasteiger partial charge in [0.1, 0.15) is 5.84 Å². The number of nitrogen functional groups attached to an aromatic ring is 1. The van der Waals surface area contributed by atoms with E-state index in [1.54, 1.807) is 7.05 Å². The first-order chi connectivity index (χ1) is 14.4. The van der Waals surface area contributed by atoms with E-state index in [0.29, 0.717) is 25.9 Å². The third-order valence-corrected chi connectivity index (χ3v) is 5.59. The molecule has 0 aliphatic carbocycles. The molecule has 4 heterocycles. The van der Waals surface area contributed by atoms with Crippen LogP contribution in [0.25, 0.3) is 5.70 Å². The fourth-order valence-electron chi connectivity index (χ4n) is 3.95. The van der Waals surface area contributed by atoms with Gasteiger partial charge in [-0.05, 0) is 12.8 Å². The zero-order chi connectivity index (χ0) is 22.6. The maximum atomic E-state index is 13.7. The van der Waals surface area contributed by atoms with Crippen LogP contribution in [0.15, 0.2) is 17.3 Å². The van der Waals surface area contributed by atoms with Gasteiger partial charge in [-0.15, -0.1) is 0 Å². The number of aliphatic hydroxyl groups is 1. The molecule has 1 aromatic heterocycles. The summed E-state index contributed by atoms with van der Waals surface area (Å²) in [5.74, 6) is -3.22. The molecule has 1 aromatic rings. The van der Waals surface area contributed by atoms with E-state index in [1.807, 2.05) is 4.90 Å². The number of rotatable bonds is 2. The van der Waals surface area contributed by atoms with Crippen LogP contribution in [0.3, 0.4) is 0 Å². The normalized spacial score (nSPS) is 25.2. The molecule has 4 rings (SSSR count). The molecule has 0 radical (unpaired) electrons. The highest BCUT2D eigenvalue weighted by molar-refractivity contribution is 6.01. The van der Waals surface area contributed by atoms with Crippen LogP contribution in [-0.2, 0) is 6.18 Å². The number of halogens is 5. The second-order valence-electron chi connectivity index (χ2n) is 7.94. The lowest BCUT2D eigenvalue weighted by molar-refractivity contribution is -0.141. The Kier molecular flexibility index (Phi) is 5.28. The molecule has 0 amide bonds. The molecule has 170 valence electrons. The molecule has 0 saturated carbocycles. The minimum atomic E-state index is -4.79. The molecule has 2 fully saturated rings. The number of nitrogens with zero attached hydrogens (tertiary/aromatic N) is 6. The van der Waals surface area contributed by atoms with Crippen LogP contribution in [-0.4, -0.2) is 87.2 Å². The number of likely N-dealkylation sites (tertiary alicyclic amines) is 2. The van der Waals surface area contributed by atoms with Gasteiger partial charge in [0.05, 0.1) is 24.9 Å². The molecule has 13 heteroatoms. The van der Waals surface area contributed by atoms with E-state index >= 15 is 0 Å². The van der Waals surface area contributed by atoms with E-state index in [9.17, 15) is 27.1 Å². The Morgan fingerprint density at radius 3 is 2.42 bits per heavy atom. The summed E-state index contributed by atoms with van der Waals surface area (Å²) in [6.07, 6.45) is -2.69. The highest BCUT2D eigenvalue weighted by Gasteiger charge is 2.47. The van der Waals surface area contributed by atoms with Crippen LogP contribution in [0.5, 0.6) is 0 Å². The maximum Gasteiger partial charge on any atom is 0.434 e. The molecular weight excluding hydrogens is 425 g/mol. The summed E-state index contributed by atoms with van der Waals surface area (Å²) in [7, 11) is 1.57. The van der Waals surface area contributed by atoms with Gasteiger partial charge in [0.2, 0.25) is 5.95 Å². The predicted molar refractivity (Wildman–Crippen MR) is 102 cm³/mol. The summed E-state index contributed by atoms with van der Waals surface area (Å²) in [5.41, 5.74) is 3.96. The predicted octanol–water partition coefficient (Wildman–Crippen LogP) is 1.45. The van der Waals surface area contributed by atoms with Crippen molar-refractivity contribution in [1.82, 2.24) is 24.7 Å². The van der Waals surface area contributed by atoms with Crippen molar-refractivity contribution in [3.05, 3.63) is 23.5 Å². The second-order valence-corrected chi connectivity index (χ2v) is 7.94. The van der Waals surface area contributed by atoms with Crippen molar-refractivity contribution < 1.29 is 27.1 Å². The highest BCUT2D eigenvalue weighted by Crippen LogP contribution is 2.38. The summed E-state index contributed by atoms with van der Waals surface area (Å²) < 4.78 is 67.9. The third kappa shape index (κ3) is 4.28. The average Bonchev–Trinajstić information content (AvgIpc) is 2.66. The monoisotopic (exact) mass is 447 g/mol. The fourth-order valence-corrected chi connectivity index (χ4v) is 3.95. The van der Waals surface area contributed by atoms with Crippen molar-refractivity contribution in [1.29, 1.82) is 0 Å². The summed E-state index contributed by atoms with van der Waals surface area (Å²) in [4.78, 5) is 16.4. The zero-order valence-electron chi connectivity index (χ0n) is 16.6. The lowest BCUT2D eigenvalue weighted by atomic mass is 10.0. The van der Waals surface area contributed by atoms with Crippen molar-refractivity contribution in [2.45, 2.75) is 37.3 Å². The van der Waals surface area contributed by atoms with Crippen LogP contribution < -0.4 is 5.73 Å². The Bertz CT molecular complexity index is 903. The number of alkyl halides is 5. The molecule has 31 heavy (non-hydrogen) atoms. The largest absolute Gasteiger partial charge is 0.434 e. The number of piperidine rings is 1. The summed E-state index contributed by atoms with van der Waals surface area (Å²) in [6.45, 7) is -0.203. The molecule has 0 aromatic carbocycles. The Balaban J connectivity index is 1.75.